The van der Waals surface area contributed by atoms with E-state index in [0.29, 0.717) is 34.2 Å². The van der Waals surface area contributed by atoms with Crippen LogP contribution in [0.4, 0.5) is 5.82 Å². The predicted molar refractivity (Wildman–Crippen MR) is 92.2 cm³/mol. The maximum atomic E-state index is 11.9. The molecule has 2 atom stereocenters. The molecule has 6 heteroatoms. The summed E-state index contributed by atoms with van der Waals surface area (Å²) in [6.45, 7) is 4.04. The molecule has 24 heavy (non-hydrogen) atoms. The van der Waals surface area contributed by atoms with Gasteiger partial charge < -0.3 is 14.8 Å². The molecule has 0 amide bonds. The molecule has 2 aromatic heterocycles. The highest BCUT2D eigenvalue weighted by Gasteiger charge is 2.23. The Balaban J connectivity index is 1.66. The Labute approximate surface area is 141 Å². The van der Waals surface area contributed by atoms with Crippen molar-refractivity contribution in [1.29, 1.82) is 0 Å². The van der Waals surface area contributed by atoms with Crippen molar-refractivity contribution < 1.29 is 14.3 Å². The van der Waals surface area contributed by atoms with E-state index < -0.39 is 0 Å². The van der Waals surface area contributed by atoms with Gasteiger partial charge in [-0.2, -0.15) is 0 Å². The second-order valence-corrected chi connectivity index (χ2v) is 6.67. The Morgan fingerprint density at radius 3 is 2.92 bits per heavy atom. The summed E-state index contributed by atoms with van der Waals surface area (Å²) >= 11 is 0. The number of rotatable bonds is 6. The first-order valence-electron chi connectivity index (χ1n) is 8.75. The van der Waals surface area contributed by atoms with Crippen LogP contribution in [0.2, 0.25) is 0 Å². The van der Waals surface area contributed by atoms with E-state index in [1.165, 1.54) is 19.7 Å². The molecular weight excluding hydrogens is 306 g/mol. The van der Waals surface area contributed by atoms with E-state index in [9.17, 15) is 9.90 Å². The third kappa shape index (κ3) is 3.43. The van der Waals surface area contributed by atoms with E-state index in [-0.39, 0.29) is 11.9 Å². The average molecular weight is 331 g/mol. The molecule has 0 aliphatic heterocycles. The van der Waals surface area contributed by atoms with E-state index in [1.807, 2.05) is 0 Å². The normalized spacial score (nSPS) is 21.1. The number of hydrogen-bond acceptors (Lipinski definition) is 6. The fourth-order valence-electron chi connectivity index (χ4n) is 3.70. The van der Waals surface area contributed by atoms with Crippen LogP contribution in [0.15, 0.2) is 10.7 Å². The highest BCUT2D eigenvalue weighted by atomic mass is 16.3. The molecule has 1 aliphatic rings. The number of furan rings is 1. The van der Waals surface area contributed by atoms with Crippen LogP contribution in [0, 0.1) is 12.8 Å². The Morgan fingerprint density at radius 1 is 1.38 bits per heavy atom. The van der Waals surface area contributed by atoms with Gasteiger partial charge in [-0.1, -0.05) is 12.8 Å². The SMILES string of the molecule is CC(=O)c1c(C)oc2ncnc(NCCCC3CCCCC3O)c12. The van der Waals surface area contributed by atoms with Crippen molar-refractivity contribution in [3.63, 3.8) is 0 Å². The number of aliphatic hydroxyl groups is 1. The summed E-state index contributed by atoms with van der Waals surface area (Å²) in [6.07, 6.45) is 7.68. The predicted octanol–water partition coefficient (Wildman–Crippen LogP) is 3.48. The minimum Gasteiger partial charge on any atom is -0.442 e. The average Bonchev–Trinajstić information content (AvgIpc) is 2.89. The van der Waals surface area contributed by atoms with Gasteiger partial charge in [-0.3, -0.25) is 4.79 Å². The summed E-state index contributed by atoms with van der Waals surface area (Å²) in [7, 11) is 0. The van der Waals surface area contributed by atoms with Crippen molar-refractivity contribution in [2.45, 2.75) is 58.5 Å². The summed E-state index contributed by atoms with van der Waals surface area (Å²) < 4.78 is 5.57. The van der Waals surface area contributed by atoms with Gasteiger partial charge in [-0.25, -0.2) is 9.97 Å². The molecule has 2 unspecified atom stereocenters. The topological polar surface area (TPSA) is 88.2 Å². The van der Waals surface area contributed by atoms with Crippen LogP contribution in [0.3, 0.4) is 0 Å². The number of aliphatic hydroxyl groups excluding tert-OH is 1. The second kappa shape index (κ2) is 7.30. The van der Waals surface area contributed by atoms with Gasteiger partial charge in [0, 0.05) is 6.54 Å². The van der Waals surface area contributed by atoms with Crippen molar-refractivity contribution in [3.05, 3.63) is 17.7 Å². The Hall–Kier alpha value is -1.95. The molecule has 1 fully saturated rings. The lowest BCUT2D eigenvalue weighted by Crippen LogP contribution is -2.24. The molecule has 1 saturated carbocycles. The van der Waals surface area contributed by atoms with Crippen LogP contribution < -0.4 is 5.32 Å². The molecular formula is C18H25N3O3. The standard InChI is InChI=1S/C18H25N3O3/c1-11(22)15-12(2)24-18-16(15)17(20-10-21-18)19-9-5-7-13-6-3-4-8-14(13)23/h10,13-14,23H,3-9H2,1-2H3,(H,19,20,21). The summed E-state index contributed by atoms with van der Waals surface area (Å²) in [5.74, 6) is 1.59. The van der Waals surface area contributed by atoms with Gasteiger partial charge in [-0.05, 0) is 45.4 Å². The van der Waals surface area contributed by atoms with E-state index in [0.717, 1.165) is 38.6 Å². The first-order chi connectivity index (χ1) is 11.6. The smallest absolute Gasteiger partial charge is 0.232 e. The number of nitrogens with one attached hydrogen (secondary N) is 1. The van der Waals surface area contributed by atoms with Gasteiger partial charge >= 0.3 is 0 Å². The van der Waals surface area contributed by atoms with Gasteiger partial charge in [0.2, 0.25) is 5.71 Å². The van der Waals surface area contributed by atoms with Crippen LogP contribution in [0.25, 0.3) is 11.1 Å². The molecule has 0 spiro atoms. The van der Waals surface area contributed by atoms with Crippen molar-refractivity contribution in [1.82, 2.24) is 9.97 Å². The molecule has 3 rings (SSSR count). The number of fused-ring (bicyclic) bond motifs is 1. The van der Waals surface area contributed by atoms with Crippen LogP contribution in [-0.4, -0.2) is 33.5 Å². The van der Waals surface area contributed by atoms with E-state index in [4.69, 9.17) is 4.42 Å². The Bertz CT molecular complexity index is 726. The summed E-state index contributed by atoms with van der Waals surface area (Å²) in [4.78, 5) is 20.3. The molecule has 130 valence electrons. The zero-order valence-electron chi connectivity index (χ0n) is 14.3. The van der Waals surface area contributed by atoms with Gasteiger partial charge in [0.25, 0.3) is 0 Å². The van der Waals surface area contributed by atoms with Crippen LogP contribution in [0.5, 0.6) is 0 Å². The number of carbonyl (C=O) groups excluding carboxylic acids is 1. The molecule has 1 aliphatic carbocycles. The summed E-state index contributed by atoms with van der Waals surface area (Å²) in [6, 6.07) is 0. The monoisotopic (exact) mass is 331 g/mol. The minimum atomic E-state index is -0.148. The maximum absolute atomic E-state index is 11.9. The zero-order chi connectivity index (χ0) is 17.1. The number of hydrogen-bond donors (Lipinski definition) is 2. The zero-order valence-corrected chi connectivity index (χ0v) is 14.3. The molecule has 0 aromatic carbocycles. The molecule has 2 aromatic rings. The summed E-state index contributed by atoms with van der Waals surface area (Å²) in [5, 5.41) is 14.0. The van der Waals surface area contributed by atoms with Crippen molar-refractivity contribution in [2.75, 3.05) is 11.9 Å². The number of ketones is 1. The third-order valence-electron chi connectivity index (χ3n) is 4.93. The fraction of sp³-hybridized carbons (Fsp3) is 0.611. The lowest BCUT2D eigenvalue weighted by atomic mass is 9.83. The third-order valence-corrected chi connectivity index (χ3v) is 4.93. The molecule has 0 bridgehead atoms. The van der Waals surface area contributed by atoms with Gasteiger partial charge in [0.15, 0.2) is 5.78 Å². The minimum absolute atomic E-state index is 0.0468. The second-order valence-electron chi connectivity index (χ2n) is 6.67. The highest BCUT2D eigenvalue weighted by Crippen LogP contribution is 2.30. The van der Waals surface area contributed by atoms with Crippen molar-refractivity contribution in [3.8, 4) is 0 Å². The number of anilines is 1. The van der Waals surface area contributed by atoms with E-state index >= 15 is 0 Å². The Kier molecular flexibility index (Phi) is 5.14. The molecule has 6 nitrogen and oxygen atoms in total. The number of Topliss-reactive ketones (excluding diaryl/α,β-unsaturated/α-hetero) is 1. The molecule has 0 saturated heterocycles. The lowest BCUT2D eigenvalue weighted by molar-refractivity contribution is 0.0648. The number of aromatic nitrogens is 2. The quantitative estimate of drug-likeness (QED) is 0.622. The van der Waals surface area contributed by atoms with E-state index in [2.05, 4.69) is 15.3 Å². The highest BCUT2D eigenvalue weighted by molar-refractivity contribution is 6.09. The Morgan fingerprint density at radius 2 is 2.17 bits per heavy atom. The van der Waals surface area contributed by atoms with Gasteiger partial charge in [0.1, 0.15) is 17.9 Å². The van der Waals surface area contributed by atoms with Gasteiger partial charge in [-0.15, -0.1) is 0 Å². The van der Waals surface area contributed by atoms with E-state index in [1.54, 1.807) is 6.92 Å². The molecule has 0 radical (unpaired) electrons. The first-order valence-corrected chi connectivity index (χ1v) is 8.75. The summed E-state index contributed by atoms with van der Waals surface area (Å²) in [5.41, 5.74) is 0.994. The van der Waals surface area contributed by atoms with Crippen LogP contribution in [-0.2, 0) is 0 Å². The first kappa shape index (κ1) is 16.9. The van der Waals surface area contributed by atoms with Crippen molar-refractivity contribution in [2.24, 2.45) is 5.92 Å². The number of aryl methyl sites for hydroxylation is 1. The number of carbonyl (C=O) groups is 1. The van der Waals surface area contributed by atoms with Crippen LogP contribution >= 0.6 is 0 Å². The largest absolute Gasteiger partial charge is 0.442 e. The van der Waals surface area contributed by atoms with Crippen LogP contribution in [0.1, 0.15) is 61.6 Å². The molecule has 2 N–H and O–H groups in total. The maximum Gasteiger partial charge on any atom is 0.232 e. The fourth-order valence-corrected chi connectivity index (χ4v) is 3.70. The molecule has 2 heterocycles. The lowest BCUT2D eigenvalue weighted by Gasteiger charge is -2.27. The van der Waals surface area contributed by atoms with Crippen molar-refractivity contribution >= 4 is 22.7 Å². The van der Waals surface area contributed by atoms with Gasteiger partial charge in [0.05, 0.1) is 17.1 Å². The number of nitrogens with zero attached hydrogens (tertiary/aromatic N) is 2.